The molecule has 25 heavy (non-hydrogen) atoms. The number of nitrogens with two attached hydrogens (primary N) is 1. The molecule has 3 rings (SSSR count). The molecular formula is C18H16N4O2S. The molecule has 0 spiro atoms. The Hall–Kier alpha value is -2.93. The molecule has 2 aromatic rings. The van der Waals surface area contributed by atoms with Gasteiger partial charge in [0.1, 0.15) is 5.25 Å². The van der Waals surface area contributed by atoms with Crippen molar-refractivity contribution in [2.45, 2.75) is 11.7 Å². The first kappa shape index (κ1) is 16.9. The Bertz CT molecular complexity index is 821. The average Bonchev–Trinajstić information content (AvgIpc) is 2.90. The molecule has 1 aliphatic rings. The number of carbonyl (C=O) groups excluding carboxylic acids is 2. The van der Waals surface area contributed by atoms with Crippen LogP contribution in [0.2, 0.25) is 0 Å². The predicted molar refractivity (Wildman–Crippen MR) is 101 cm³/mol. The standard InChI is InChI=1S/C18H16N4O2S/c19-18(21-20-12-13-7-3-1-4-8-13)25-15-11-16(23)22(17(15)24)14-9-5-2-6-10-14/h1-10,12,15H,11H2,(H2,19,21). The molecule has 7 heteroatoms. The van der Waals surface area contributed by atoms with Crippen LogP contribution in [0, 0.1) is 0 Å². The largest absolute Gasteiger partial charge is 0.377 e. The Balaban J connectivity index is 1.65. The van der Waals surface area contributed by atoms with Gasteiger partial charge in [-0.3, -0.25) is 9.59 Å². The number of nitrogens with zero attached hydrogens (tertiary/aromatic N) is 3. The van der Waals surface area contributed by atoms with E-state index in [1.165, 1.54) is 4.90 Å². The Labute approximate surface area is 149 Å². The van der Waals surface area contributed by atoms with E-state index in [2.05, 4.69) is 10.2 Å². The maximum absolute atomic E-state index is 12.5. The number of hydrogen-bond donors (Lipinski definition) is 1. The minimum atomic E-state index is -0.580. The van der Waals surface area contributed by atoms with Gasteiger partial charge in [0.15, 0.2) is 5.17 Å². The zero-order valence-corrected chi connectivity index (χ0v) is 14.1. The van der Waals surface area contributed by atoms with E-state index >= 15 is 0 Å². The van der Waals surface area contributed by atoms with Gasteiger partial charge in [-0.2, -0.15) is 5.10 Å². The van der Waals surface area contributed by atoms with Crippen LogP contribution < -0.4 is 10.6 Å². The summed E-state index contributed by atoms with van der Waals surface area (Å²) in [5, 5.41) is 7.36. The normalized spacial score (nSPS) is 18.3. The lowest BCUT2D eigenvalue weighted by Gasteiger charge is -2.14. The molecule has 0 saturated carbocycles. The van der Waals surface area contributed by atoms with Gasteiger partial charge in [-0.25, -0.2) is 4.90 Å². The lowest BCUT2D eigenvalue weighted by molar-refractivity contribution is -0.121. The number of amides is 2. The highest BCUT2D eigenvalue weighted by atomic mass is 32.2. The topological polar surface area (TPSA) is 88.1 Å². The summed E-state index contributed by atoms with van der Waals surface area (Å²) in [5.41, 5.74) is 7.29. The molecule has 0 aliphatic carbocycles. The van der Waals surface area contributed by atoms with Gasteiger partial charge in [0, 0.05) is 6.42 Å². The highest BCUT2D eigenvalue weighted by Crippen LogP contribution is 2.29. The molecule has 1 aliphatic heterocycles. The third-order valence-corrected chi connectivity index (χ3v) is 4.52. The van der Waals surface area contributed by atoms with Gasteiger partial charge in [-0.05, 0) is 17.7 Å². The number of thioether (sulfide) groups is 1. The van der Waals surface area contributed by atoms with E-state index in [4.69, 9.17) is 5.73 Å². The van der Waals surface area contributed by atoms with Crippen LogP contribution in [0.15, 0.2) is 70.9 Å². The average molecular weight is 352 g/mol. The molecule has 0 bridgehead atoms. The number of anilines is 1. The molecular weight excluding hydrogens is 336 g/mol. The first-order valence-corrected chi connectivity index (χ1v) is 8.53. The number of imide groups is 1. The van der Waals surface area contributed by atoms with Crippen molar-refractivity contribution in [1.82, 2.24) is 0 Å². The molecule has 1 heterocycles. The lowest BCUT2D eigenvalue weighted by atomic mass is 10.2. The SMILES string of the molecule is NC(=NN=Cc1ccccc1)SC1CC(=O)N(c2ccccc2)C1=O. The van der Waals surface area contributed by atoms with Crippen molar-refractivity contribution in [3.63, 3.8) is 0 Å². The van der Waals surface area contributed by atoms with Crippen molar-refractivity contribution in [3.8, 4) is 0 Å². The van der Waals surface area contributed by atoms with Gasteiger partial charge in [0.25, 0.3) is 0 Å². The molecule has 0 aromatic heterocycles. The van der Waals surface area contributed by atoms with E-state index in [1.54, 1.807) is 30.5 Å². The predicted octanol–water partition coefficient (Wildman–Crippen LogP) is 2.40. The monoisotopic (exact) mass is 352 g/mol. The third-order valence-electron chi connectivity index (χ3n) is 3.55. The van der Waals surface area contributed by atoms with Crippen molar-refractivity contribution >= 4 is 40.6 Å². The Morgan fingerprint density at radius 3 is 2.40 bits per heavy atom. The van der Waals surface area contributed by atoms with E-state index in [0.717, 1.165) is 17.3 Å². The van der Waals surface area contributed by atoms with Gasteiger partial charge in [0.2, 0.25) is 11.8 Å². The number of rotatable bonds is 4. The van der Waals surface area contributed by atoms with Crippen LogP contribution in [0.5, 0.6) is 0 Å². The molecule has 6 nitrogen and oxygen atoms in total. The molecule has 1 fully saturated rings. The second-order valence-corrected chi connectivity index (χ2v) is 6.53. The first-order chi connectivity index (χ1) is 12.1. The van der Waals surface area contributed by atoms with E-state index in [0.29, 0.717) is 5.69 Å². The highest BCUT2D eigenvalue weighted by molar-refractivity contribution is 8.14. The molecule has 2 amide bonds. The van der Waals surface area contributed by atoms with Crippen molar-refractivity contribution in [1.29, 1.82) is 0 Å². The van der Waals surface area contributed by atoms with E-state index in [-0.39, 0.29) is 23.4 Å². The molecule has 1 saturated heterocycles. The summed E-state index contributed by atoms with van der Waals surface area (Å²) in [6, 6.07) is 18.3. The second kappa shape index (κ2) is 7.76. The van der Waals surface area contributed by atoms with Crippen molar-refractivity contribution in [2.24, 2.45) is 15.9 Å². The fourth-order valence-corrected chi connectivity index (χ4v) is 3.22. The molecule has 1 unspecified atom stereocenters. The zero-order chi connectivity index (χ0) is 17.6. The summed E-state index contributed by atoms with van der Waals surface area (Å²) in [6.07, 6.45) is 1.67. The number of hydrogen-bond acceptors (Lipinski definition) is 5. The smallest absolute Gasteiger partial charge is 0.247 e. The summed E-state index contributed by atoms with van der Waals surface area (Å²) >= 11 is 1.05. The zero-order valence-electron chi connectivity index (χ0n) is 13.3. The van der Waals surface area contributed by atoms with E-state index in [9.17, 15) is 9.59 Å². The Morgan fingerprint density at radius 2 is 1.72 bits per heavy atom. The summed E-state index contributed by atoms with van der Waals surface area (Å²) in [7, 11) is 0. The summed E-state index contributed by atoms with van der Waals surface area (Å²) in [6.45, 7) is 0. The van der Waals surface area contributed by atoms with Crippen LogP contribution in [-0.2, 0) is 9.59 Å². The van der Waals surface area contributed by atoms with E-state index < -0.39 is 5.25 Å². The molecule has 1 atom stereocenters. The molecule has 126 valence electrons. The highest BCUT2D eigenvalue weighted by Gasteiger charge is 2.40. The maximum Gasteiger partial charge on any atom is 0.247 e. The van der Waals surface area contributed by atoms with Crippen LogP contribution >= 0.6 is 11.8 Å². The molecule has 0 radical (unpaired) electrons. The quantitative estimate of drug-likeness (QED) is 0.396. The van der Waals surface area contributed by atoms with Gasteiger partial charge in [0.05, 0.1) is 11.9 Å². The van der Waals surface area contributed by atoms with Crippen molar-refractivity contribution in [2.75, 3.05) is 4.90 Å². The van der Waals surface area contributed by atoms with Crippen LogP contribution in [0.1, 0.15) is 12.0 Å². The Kier molecular flexibility index (Phi) is 5.25. The van der Waals surface area contributed by atoms with Crippen LogP contribution in [-0.4, -0.2) is 28.4 Å². The summed E-state index contributed by atoms with van der Waals surface area (Å²) in [5.74, 6) is -0.527. The fraction of sp³-hybridized carbons (Fsp3) is 0.111. The second-order valence-electron chi connectivity index (χ2n) is 5.31. The van der Waals surface area contributed by atoms with Gasteiger partial charge >= 0.3 is 0 Å². The van der Waals surface area contributed by atoms with Crippen LogP contribution in [0.25, 0.3) is 0 Å². The number of carbonyl (C=O) groups is 2. The number of para-hydroxylation sites is 1. The fourth-order valence-electron chi connectivity index (χ4n) is 2.41. The van der Waals surface area contributed by atoms with Crippen LogP contribution in [0.3, 0.4) is 0 Å². The lowest BCUT2D eigenvalue weighted by Crippen LogP contribution is -2.31. The van der Waals surface area contributed by atoms with Gasteiger partial charge in [-0.1, -0.05) is 60.3 Å². The van der Waals surface area contributed by atoms with E-state index in [1.807, 2.05) is 36.4 Å². The third kappa shape index (κ3) is 4.13. The van der Waals surface area contributed by atoms with Crippen LogP contribution in [0.4, 0.5) is 5.69 Å². The minimum absolute atomic E-state index is 0.0943. The summed E-state index contributed by atoms with van der Waals surface area (Å²) < 4.78 is 0. The van der Waals surface area contributed by atoms with Gasteiger partial charge < -0.3 is 5.73 Å². The molecule has 2 N–H and O–H groups in total. The van der Waals surface area contributed by atoms with Gasteiger partial charge in [-0.15, -0.1) is 5.10 Å². The first-order valence-electron chi connectivity index (χ1n) is 7.65. The number of benzene rings is 2. The van der Waals surface area contributed by atoms with Crippen molar-refractivity contribution in [3.05, 3.63) is 66.2 Å². The summed E-state index contributed by atoms with van der Waals surface area (Å²) in [4.78, 5) is 25.8. The Morgan fingerprint density at radius 1 is 1.08 bits per heavy atom. The maximum atomic E-state index is 12.5. The minimum Gasteiger partial charge on any atom is -0.377 e. The van der Waals surface area contributed by atoms with Crippen molar-refractivity contribution < 1.29 is 9.59 Å². The molecule has 2 aromatic carbocycles. The number of amidine groups is 1.